The van der Waals surface area contributed by atoms with Gasteiger partial charge in [-0.25, -0.2) is 4.21 Å². The van der Waals surface area contributed by atoms with Crippen molar-refractivity contribution in [2.24, 2.45) is 14.7 Å². The summed E-state index contributed by atoms with van der Waals surface area (Å²) in [4.78, 5) is 10.9. The fraction of sp³-hybridized carbons (Fsp3) is 0.435. The second-order valence-electron chi connectivity index (χ2n) is 8.31. The summed E-state index contributed by atoms with van der Waals surface area (Å²) in [6, 6.07) is 7.36. The number of nitrogens with zero attached hydrogens (tertiary/aromatic N) is 3. The number of furan rings is 1. The van der Waals surface area contributed by atoms with E-state index in [0.717, 1.165) is 35.0 Å². The highest BCUT2D eigenvalue weighted by atomic mass is 32.2. The molecule has 1 atom stereocenters. The molecule has 3 N–H and O–H groups in total. The van der Waals surface area contributed by atoms with Crippen LogP contribution in [0.25, 0.3) is 0 Å². The minimum Gasteiger partial charge on any atom is -0.505 e. The monoisotopic (exact) mass is 477 g/mol. The van der Waals surface area contributed by atoms with Crippen LogP contribution in [0.3, 0.4) is 0 Å². The molecule has 0 aliphatic carbocycles. The zero-order valence-corrected chi connectivity index (χ0v) is 21.4. The third-order valence-corrected chi connectivity index (χ3v) is 4.63. The van der Waals surface area contributed by atoms with Gasteiger partial charge in [0.2, 0.25) is 6.41 Å². The largest absolute Gasteiger partial charge is 0.505 e. The maximum Gasteiger partial charge on any atom is 0.269 e. The number of rotatable bonds is 4. The van der Waals surface area contributed by atoms with Gasteiger partial charge in [0.05, 0.1) is 12.2 Å². The molecule has 2 aromatic rings. The number of benzene rings is 1. The summed E-state index contributed by atoms with van der Waals surface area (Å²) in [5.74, 6) is 3.20. The van der Waals surface area contributed by atoms with Gasteiger partial charge >= 0.3 is 0 Å². The molecular formula is C23H35N5O4S. The summed E-state index contributed by atoms with van der Waals surface area (Å²) in [7, 11) is 3.38. The van der Waals surface area contributed by atoms with Gasteiger partial charge in [0.1, 0.15) is 17.3 Å². The number of hydrogen-bond acceptors (Lipinski definition) is 6. The molecule has 1 unspecified atom stereocenters. The molecule has 2 heterocycles. The molecule has 0 saturated carbocycles. The number of phenolic OH excluding ortho intramolecular Hbond substituents is 1. The van der Waals surface area contributed by atoms with Gasteiger partial charge < -0.3 is 25.1 Å². The van der Waals surface area contributed by atoms with Gasteiger partial charge in [0, 0.05) is 14.1 Å². The number of amidine groups is 2. The third-order valence-electron chi connectivity index (χ3n) is 3.95. The SMILES string of the molecule is CC(C)C.CN(C)C=O.Cc1ccc(CNC2=NS(=O)N=C2Nc2ccc(C)c(C)c2O)o1. The lowest BCUT2D eigenvalue weighted by Gasteiger charge is -2.13. The molecule has 1 amide bonds. The number of anilines is 1. The Labute approximate surface area is 198 Å². The first-order valence-electron chi connectivity index (χ1n) is 10.5. The van der Waals surface area contributed by atoms with Gasteiger partial charge in [-0.15, -0.1) is 8.80 Å². The summed E-state index contributed by atoms with van der Waals surface area (Å²) in [6.45, 7) is 12.5. The molecule has 0 spiro atoms. The van der Waals surface area contributed by atoms with Crippen molar-refractivity contribution in [3.63, 3.8) is 0 Å². The highest BCUT2D eigenvalue weighted by Gasteiger charge is 2.21. The van der Waals surface area contributed by atoms with Gasteiger partial charge in [0.25, 0.3) is 11.2 Å². The molecule has 1 aliphatic heterocycles. The smallest absolute Gasteiger partial charge is 0.269 e. The lowest BCUT2D eigenvalue weighted by atomic mass is 10.1. The van der Waals surface area contributed by atoms with E-state index in [1.807, 2.05) is 39.0 Å². The number of amides is 1. The lowest BCUT2D eigenvalue weighted by Crippen LogP contribution is -2.33. The van der Waals surface area contributed by atoms with Crippen LogP contribution < -0.4 is 10.6 Å². The van der Waals surface area contributed by atoms with E-state index in [2.05, 4.69) is 40.2 Å². The van der Waals surface area contributed by atoms with Crippen LogP contribution in [0.4, 0.5) is 5.69 Å². The molecule has 1 aromatic carbocycles. The minimum absolute atomic E-state index is 0.136. The molecule has 33 heavy (non-hydrogen) atoms. The normalized spacial score (nSPS) is 14.3. The average Bonchev–Trinajstić information content (AvgIpc) is 3.31. The predicted octanol–water partition coefficient (Wildman–Crippen LogP) is 3.87. The Morgan fingerprint density at radius 3 is 2.18 bits per heavy atom. The van der Waals surface area contributed by atoms with Crippen molar-refractivity contribution >= 4 is 34.9 Å². The maximum atomic E-state index is 11.6. The summed E-state index contributed by atoms with van der Waals surface area (Å²) < 4.78 is 25.0. The first kappa shape index (κ1) is 27.9. The Morgan fingerprint density at radius 2 is 1.67 bits per heavy atom. The van der Waals surface area contributed by atoms with Crippen LogP contribution in [0.5, 0.6) is 5.75 Å². The fourth-order valence-electron chi connectivity index (χ4n) is 2.24. The second-order valence-corrected chi connectivity index (χ2v) is 9.13. The Morgan fingerprint density at radius 1 is 1.09 bits per heavy atom. The minimum atomic E-state index is -1.69. The number of carbonyl (C=O) groups excluding carboxylic acids is 1. The zero-order chi connectivity index (χ0) is 25.1. The Kier molecular flexibility index (Phi) is 11.3. The van der Waals surface area contributed by atoms with Crippen molar-refractivity contribution in [1.29, 1.82) is 0 Å². The number of carbonyl (C=O) groups is 1. The van der Waals surface area contributed by atoms with Crippen LogP contribution in [-0.2, 0) is 22.5 Å². The molecule has 9 nitrogen and oxygen atoms in total. The molecule has 182 valence electrons. The molecule has 3 rings (SSSR count). The van der Waals surface area contributed by atoms with E-state index in [4.69, 9.17) is 4.42 Å². The van der Waals surface area contributed by atoms with Crippen molar-refractivity contribution in [3.05, 3.63) is 46.9 Å². The molecule has 1 aliphatic rings. The van der Waals surface area contributed by atoms with Crippen LogP contribution in [0.2, 0.25) is 0 Å². The van der Waals surface area contributed by atoms with Crippen LogP contribution in [-0.4, -0.2) is 46.4 Å². The van der Waals surface area contributed by atoms with Gasteiger partial charge in [-0.05, 0) is 56.0 Å². The molecule has 0 radical (unpaired) electrons. The Balaban J connectivity index is 0.000000517. The molecule has 0 bridgehead atoms. The van der Waals surface area contributed by atoms with Gasteiger partial charge in [-0.1, -0.05) is 26.8 Å². The summed E-state index contributed by atoms with van der Waals surface area (Å²) >= 11 is -1.69. The van der Waals surface area contributed by atoms with Crippen molar-refractivity contribution in [2.45, 2.75) is 48.1 Å². The van der Waals surface area contributed by atoms with E-state index in [-0.39, 0.29) is 5.75 Å². The fourth-order valence-corrected chi connectivity index (χ4v) is 2.88. The van der Waals surface area contributed by atoms with E-state index < -0.39 is 11.2 Å². The van der Waals surface area contributed by atoms with Crippen molar-refractivity contribution < 1.29 is 18.5 Å². The summed E-state index contributed by atoms with van der Waals surface area (Å²) in [5, 5.41) is 16.3. The van der Waals surface area contributed by atoms with Crippen molar-refractivity contribution in [1.82, 2.24) is 10.2 Å². The van der Waals surface area contributed by atoms with Crippen LogP contribution >= 0.6 is 0 Å². The maximum absolute atomic E-state index is 11.6. The molecule has 0 fully saturated rings. The van der Waals surface area contributed by atoms with Crippen LogP contribution in [0, 0.1) is 26.7 Å². The van der Waals surface area contributed by atoms with E-state index in [1.54, 1.807) is 20.2 Å². The Hall–Kier alpha value is -3.14. The van der Waals surface area contributed by atoms with Crippen molar-refractivity contribution in [2.75, 3.05) is 19.4 Å². The third kappa shape index (κ3) is 9.90. The van der Waals surface area contributed by atoms with E-state index in [1.165, 1.54) is 4.90 Å². The standard InChI is InChI=1S/C16H18N4O3S.C4H10.C3H7NO/c1-9-4-7-13(14(21)11(9)3)18-16-15(19-24(22)20-16)17-8-12-6-5-10(2)23-12;1-4(2)3;1-4(2)3-5/h4-7,21H,8H2,1-3H3,(H,17,19)(H,18,20);4H,1-3H3;3H,1-2H3. The average molecular weight is 478 g/mol. The van der Waals surface area contributed by atoms with E-state index in [9.17, 15) is 14.1 Å². The van der Waals surface area contributed by atoms with Gasteiger partial charge in [0.15, 0.2) is 11.7 Å². The summed E-state index contributed by atoms with van der Waals surface area (Å²) in [5.41, 5.74) is 2.24. The predicted molar refractivity (Wildman–Crippen MR) is 135 cm³/mol. The summed E-state index contributed by atoms with van der Waals surface area (Å²) in [6.07, 6.45) is 0.750. The quantitative estimate of drug-likeness (QED) is 0.454. The molecule has 1 aromatic heterocycles. The second kappa shape index (κ2) is 13.4. The lowest BCUT2D eigenvalue weighted by molar-refractivity contribution is -0.115. The highest BCUT2D eigenvalue weighted by Crippen LogP contribution is 2.29. The van der Waals surface area contributed by atoms with E-state index >= 15 is 0 Å². The van der Waals surface area contributed by atoms with Gasteiger partial charge in [-0.2, -0.15) is 0 Å². The van der Waals surface area contributed by atoms with E-state index in [0.29, 0.717) is 23.9 Å². The number of nitrogens with one attached hydrogen (secondary N) is 2. The molecular weight excluding hydrogens is 442 g/mol. The number of aryl methyl sites for hydroxylation is 2. The molecule has 0 saturated heterocycles. The number of hydrogen-bond donors (Lipinski definition) is 3. The zero-order valence-electron chi connectivity index (χ0n) is 20.6. The first-order chi connectivity index (χ1) is 15.4. The van der Waals surface area contributed by atoms with Crippen LogP contribution in [0.1, 0.15) is 43.4 Å². The Bertz CT molecular complexity index is 1010. The first-order valence-corrected chi connectivity index (χ1v) is 11.6. The topological polar surface area (TPSA) is 120 Å². The van der Waals surface area contributed by atoms with Crippen LogP contribution in [0.15, 0.2) is 37.5 Å². The molecule has 10 heteroatoms. The van der Waals surface area contributed by atoms with Gasteiger partial charge in [-0.3, -0.25) is 4.79 Å². The number of aromatic hydroxyl groups is 1. The number of phenols is 1. The highest BCUT2D eigenvalue weighted by molar-refractivity contribution is 7.83. The van der Waals surface area contributed by atoms with Crippen molar-refractivity contribution in [3.8, 4) is 5.75 Å².